The van der Waals surface area contributed by atoms with E-state index in [1.165, 1.54) is 0 Å². The Kier molecular flexibility index (Phi) is 15.6. The number of benzene rings is 13. The maximum atomic E-state index is 4.70. The summed E-state index contributed by atoms with van der Waals surface area (Å²) in [4.78, 5) is 23.3. The molecule has 0 bridgehead atoms. The summed E-state index contributed by atoms with van der Waals surface area (Å²) < 4.78 is 0. The highest BCUT2D eigenvalue weighted by Gasteiger charge is 2.23. The number of para-hydroxylation sites is 8. The van der Waals surface area contributed by atoms with E-state index in [2.05, 4.69) is 381 Å². The van der Waals surface area contributed by atoms with Crippen LogP contribution >= 0.6 is 0 Å². The second-order valence-electron chi connectivity index (χ2n) is 22.3. The molecule has 8 heteroatoms. The van der Waals surface area contributed by atoms with Gasteiger partial charge in [-0.2, -0.15) is 0 Å². The maximum absolute atomic E-state index is 4.70. The monoisotopic (exact) mass is 1180 g/mol. The molecule has 438 valence electrons. The summed E-state index contributed by atoms with van der Waals surface area (Å²) in [5, 5.41) is 2.17. The van der Waals surface area contributed by atoms with Gasteiger partial charge >= 0.3 is 0 Å². The minimum Gasteiger partial charge on any atom is -0.311 e. The highest BCUT2D eigenvalue weighted by atomic mass is 15.2. The molecule has 0 fully saturated rings. The van der Waals surface area contributed by atoms with E-state index in [1.807, 2.05) is 24.5 Å². The smallest absolute Gasteiger partial charge is 0.0723 e. The standard InChI is InChI=1S/C84H62N8/c1-7-23-63(24-8-1)87(71-43-47-73(48-44-71)89(65-27-11-3-12-28-65)75-51-55-77(56-52-75)91(67-31-15-5-16-32-67)83-59-61-85-81-37-21-19-35-79(81)83)69-39-41-70(42-40-69)88(64-25-9-2-10-26-64)72-45-49-74(50-46-72)90(66-29-13-4-14-30-66)76-53-57-78(58-54-76)92(68-33-17-6-18-34-68)84-60-62-86-82-38-22-20-36-80(82)84/h1-62H. The fraction of sp³-hybridized carbons (Fsp3) is 0. The largest absolute Gasteiger partial charge is 0.311 e. The minimum absolute atomic E-state index is 0.951. The van der Waals surface area contributed by atoms with Crippen molar-refractivity contribution in [2.75, 3.05) is 29.4 Å². The van der Waals surface area contributed by atoms with Gasteiger partial charge in [-0.3, -0.25) is 9.97 Å². The van der Waals surface area contributed by atoms with Gasteiger partial charge in [0.2, 0.25) is 0 Å². The number of hydrogen-bond donors (Lipinski definition) is 0. The van der Waals surface area contributed by atoms with Gasteiger partial charge in [0.25, 0.3) is 0 Å². The number of pyridine rings is 2. The molecular formula is C84H62N8. The predicted molar refractivity (Wildman–Crippen MR) is 385 cm³/mol. The van der Waals surface area contributed by atoms with Crippen LogP contribution < -0.4 is 29.4 Å². The van der Waals surface area contributed by atoms with Crippen LogP contribution in [-0.2, 0) is 0 Å². The topological polar surface area (TPSA) is 45.2 Å². The zero-order valence-corrected chi connectivity index (χ0v) is 50.4. The molecule has 0 radical (unpaired) electrons. The Morgan fingerprint density at radius 1 is 0.141 bits per heavy atom. The molecule has 15 aromatic rings. The van der Waals surface area contributed by atoms with Crippen molar-refractivity contribution in [3.8, 4) is 0 Å². The first-order valence-corrected chi connectivity index (χ1v) is 31.0. The molecule has 0 saturated heterocycles. The van der Waals surface area contributed by atoms with Crippen molar-refractivity contribution < 1.29 is 0 Å². The van der Waals surface area contributed by atoms with Gasteiger partial charge in [0, 0.05) is 114 Å². The van der Waals surface area contributed by atoms with Crippen molar-refractivity contribution in [3.05, 3.63) is 376 Å². The van der Waals surface area contributed by atoms with Crippen LogP contribution in [0.3, 0.4) is 0 Å². The quantitative estimate of drug-likeness (QED) is 0.0842. The van der Waals surface area contributed by atoms with Crippen LogP contribution in [0.4, 0.5) is 102 Å². The summed E-state index contributed by atoms with van der Waals surface area (Å²) in [6.45, 7) is 0. The Labute approximate surface area is 536 Å². The third-order valence-electron chi connectivity index (χ3n) is 16.7. The second-order valence-corrected chi connectivity index (χ2v) is 22.3. The third kappa shape index (κ3) is 11.4. The molecular weight excluding hydrogens is 1120 g/mol. The van der Waals surface area contributed by atoms with Crippen LogP contribution in [0, 0.1) is 0 Å². The first-order valence-electron chi connectivity index (χ1n) is 31.0. The Balaban J connectivity index is 0.736. The number of anilines is 18. The molecule has 13 aromatic carbocycles. The molecule has 0 N–H and O–H groups in total. The molecule has 0 unspecified atom stereocenters. The lowest BCUT2D eigenvalue weighted by molar-refractivity contribution is 1.23. The molecule has 2 aromatic heterocycles. The van der Waals surface area contributed by atoms with E-state index in [0.29, 0.717) is 0 Å². The van der Waals surface area contributed by atoms with Crippen molar-refractivity contribution in [2.45, 2.75) is 0 Å². The minimum atomic E-state index is 0.951. The Hall–Kier alpha value is -12.5. The van der Waals surface area contributed by atoms with Crippen LogP contribution in [0.25, 0.3) is 21.8 Å². The lowest BCUT2D eigenvalue weighted by Gasteiger charge is -2.30. The highest BCUT2D eigenvalue weighted by molar-refractivity contribution is 5.99. The van der Waals surface area contributed by atoms with Crippen molar-refractivity contribution in [1.82, 2.24) is 9.97 Å². The molecule has 0 aliphatic rings. The molecule has 0 atom stereocenters. The summed E-state index contributed by atoms with van der Waals surface area (Å²) in [7, 11) is 0. The van der Waals surface area contributed by atoms with Gasteiger partial charge in [-0.15, -0.1) is 0 Å². The fourth-order valence-electron chi connectivity index (χ4n) is 12.4. The van der Waals surface area contributed by atoms with Crippen molar-refractivity contribution in [1.29, 1.82) is 0 Å². The molecule has 0 aliphatic carbocycles. The fourth-order valence-corrected chi connectivity index (χ4v) is 12.4. The molecule has 0 amide bonds. The Morgan fingerprint density at radius 3 is 0.522 bits per heavy atom. The lowest BCUT2D eigenvalue weighted by atomic mass is 10.1. The van der Waals surface area contributed by atoms with Gasteiger partial charge < -0.3 is 29.4 Å². The molecule has 0 aliphatic heterocycles. The zero-order chi connectivity index (χ0) is 61.4. The number of nitrogens with zero attached hydrogens (tertiary/aromatic N) is 8. The predicted octanol–water partition coefficient (Wildman–Crippen LogP) is 23.6. The molecule has 15 rings (SSSR count). The second kappa shape index (κ2) is 25.7. The highest BCUT2D eigenvalue weighted by Crippen LogP contribution is 2.46. The summed E-state index contributed by atoms with van der Waals surface area (Å²) in [6.07, 6.45) is 3.79. The van der Waals surface area contributed by atoms with Crippen LogP contribution in [-0.4, -0.2) is 9.97 Å². The summed E-state index contributed by atoms with van der Waals surface area (Å²) in [5.41, 5.74) is 20.7. The van der Waals surface area contributed by atoms with Crippen molar-refractivity contribution in [3.63, 3.8) is 0 Å². The van der Waals surface area contributed by atoms with Crippen LogP contribution in [0.2, 0.25) is 0 Å². The van der Waals surface area contributed by atoms with Crippen LogP contribution in [0.15, 0.2) is 376 Å². The summed E-state index contributed by atoms with van der Waals surface area (Å²) in [5.74, 6) is 0. The molecule has 2 heterocycles. The van der Waals surface area contributed by atoms with E-state index in [1.54, 1.807) is 0 Å². The van der Waals surface area contributed by atoms with E-state index in [9.17, 15) is 0 Å². The molecule has 8 nitrogen and oxygen atoms in total. The zero-order valence-electron chi connectivity index (χ0n) is 50.4. The van der Waals surface area contributed by atoms with Gasteiger partial charge in [-0.1, -0.05) is 146 Å². The van der Waals surface area contributed by atoms with Gasteiger partial charge in [0.15, 0.2) is 0 Å². The van der Waals surface area contributed by atoms with E-state index in [0.717, 1.165) is 124 Å². The van der Waals surface area contributed by atoms with Crippen LogP contribution in [0.5, 0.6) is 0 Å². The van der Waals surface area contributed by atoms with E-state index < -0.39 is 0 Å². The average Bonchev–Trinajstić information content (AvgIpc) is 1.05. The number of fused-ring (bicyclic) bond motifs is 2. The maximum Gasteiger partial charge on any atom is 0.0723 e. The normalized spacial score (nSPS) is 11.0. The Morgan fingerprint density at radius 2 is 0.304 bits per heavy atom. The van der Waals surface area contributed by atoms with E-state index >= 15 is 0 Å². The summed E-state index contributed by atoms with van der Waals surface area (Å²) >= 11 is 0. The van der Waals surface area contributed by atoms with Gasteiger partial charge in [0.1, 0.15) is 0 Å². The number of hydrogen-bond acceptors (Lipinski definition) is 8. The summed E-state index contributed by atoms with van der Waals surface area (Å²) in [6, 6.07) is 129. The third-order valence-corrected chi connectivity index (χ3v) is 16.7. The first-order chi connectivity index (χ1) is 45.7. The van der Waals surface area contributed by atoms with Gasteiger partial charge in [-0.25, -0.2) is 0 Å². The van der Waals surface area contributed by atoms with E-state index in [4.69, 9.17) is 9.97 Å². The van der Waals surface area contributed by atoms with Crippen molar-refractivity contribution in [2.24, 2.45) is 0 Å². The van der Waals surface area contributed by atoms with Gasteiger partial charge in [0.05, 0.1) is 22.4 Å². The SMILES string of the molecule is c1ccc(N(c2ccc(N(c3ccccc3)c3ccc(N(c4ccccc4)c4ccc(N(c5ccccc5)c5ccnc6ccccc56)cc4)cc3)cc2)c2ccc(N(c3ccccc3)c3ccc(N(c4ccccc4)c4ccnc5ccccc45)cc3)cc2)cc1. The van der Waals surface area contributed by atoms with Gasteiger partial charge in [-0.05, 0) is 218 Å². The Bertz CT molecular complexity index is 4570. The molecule has 0 saturated carbocycles. The number of rotatable bonds is 18. The first kappa shape index (κ1) is 56.0. The number of aromatic nitrogens is 2. The van der Waals surface area contributed by atoms with Crippen molar-refractivity contribution >= 4 is 124 Å². The molecule has 92 heavy (non-hydrogen) atoms. The average molecular weight is 1180 g/mol. The molecule has 0 spiro atoms. The lowest BCUT2D eigenvalue weighted by Crippen LogP contribution is -2.14. The van der Waals surface area contributed by atoms with E-state index in [-0.39, 0.29) is 0 Å². The van der Waals surface area contributed by atoms with Crippen LogP contribution in [0.1, 0.15) is 0 Å².